The van der Waals surface area contributed by atoms with Gasteiger partial charge in [0.15, 0.2) is 0 Å². The van der Waals surface area contributed by atoms with Gasteiger partial charge >= 0.3 is 0 Å². The van der Waals surface area contributed by atoms with Gasteiger partial charge in [0.1, 0.15) is 0 Å². The molecule has 0 bridgehead atoms. The first-order valence-electron chi connectivity index (χ1n) is 10.2. The van der Waals surface area contributed by atoms with Gasteiger partial charge in [0.05, 0.1) is 30.2 Å². The van der Waals surface area contributed by atoms with E-state index in [-0.39, 0.29) is 10.8 Å². The summed E-state index contributed by atoms with van der Waals surface area (Å²) >= 11 is 0. The Hall–Kier alpha value is -2.38. The lowest BCUT2D eigenvalue weighted by atomic mass is 10.1. The number of nitrogens with zero attached hydrogens (tertiary/aromatic N) is 1. The van der Waals surface area contributed by atoms with Crippen LogP contribution >= 0.6 is 0 Å². The van der Waals surface area contributed by atoms with Gasteiger partial charge in [-0.3, -0.25) is 9.10 Å². The van der Waals surface area contributed by atoms with Crippen molar-refractivity contribution in [1.82, 2.24) is 5.32 Å². The molecule has 29 heavy (non-hydrogen) atoms. The second-order valence-electron chi connectivity index (χ2n) is 7.50. The number of anilines is 1. The van der Waals surface area contributed by atoms with Gasteiger partial charge in [0, 0.05) is 25.6 Å². The van der Waals surface area contributed by atoms with Crippen molar-refractivity contribution >= 4 is 21.6 Å². The largest absolute Gasteiger partial charge is 0.352 e. The molecule has 1 aliphatic rings. The van der Waals surface area contributed by atoms with Crippen LogP contribution in [0.4, 0.5) is 5.69 Å². The van der Waals surface area contributed by atoms with E-state index in [0.29, 0.717) is 17.8 Å². The number of amides is 1. The molecule has 6 nitrogen and oxygen atoms in total. The number of likely N-dealkylation sites (tertiary alicyclic amines) is 1. The van der Waals surface area contributed by atoms with Crippen molar-refractivity contribution in [3.8, 4) is 0 Å². The van der Waals surface area contributed by atoms with E-state index in [9.17, 15) is 13.2 Å². The Morgan fingerprint density at radius 2 is 1.66 bits per heavy atom. The molecule has 0 aromatic heterocycles. The predicted molar refractivity (Wildman–Crippen MR) is 115 cm³/mol. The summed E-state index contributed by atoms with van der Waals surface area (Å²) in [6.45, 7) is 4.20. The number of para-hydroxylation sites is 1. The zero-order chi connectivity index (χ0) is 20.7. The van der Waals surface area contributed by atoms with E-state index in [2.05, 4.69) is 5.32 Å². The summed E-state index contributed by atoms with van der Waals surface area (Å²) in [5, 5.41) is 2.93. The Morgan fingerprint density at radius 1 is 1.00 bits per heavy atom. The molecule has 2 N–H and O–H groups in total. The van der Waals surface area contributed by atoms with Crippen LogP contribution < -0.4 is 14.5 Å². The van der Waals surface area contributed by atoms with Crippen molar-refractivity contribution in [2.45, 2.75) is 30.6 Å². The average Bonchev–Trinajstić information content (AvgIpc) is 2.77. The van der Waals surface area contributed by atoms with Gasteiger partial charge in [-0.15, -0.1) is 0 Å². The predicted octanol–water partition coefficient (Wildman–Crippen LogP) is 1.70. The summed E-state index contributed by atoms with van der Waals surface area (Å²) < 4.78 is 26.8. The van der Waals surface area contributed by atoms with E-state index in [1.807, 2.05) is 6.07 Å². The minimum atomic E-state index is -3.67. The van der Waals surface area contributed by atoms with Crippen LogP contribution in [0.2, 0.25) is 0 Å². The third kappa shape index (κ3) is 5.58. The van der Waals surface area contributed by atoms with E-state index in [4.69, 9.17) is 0 Å². The molecule has 2 aromatic carbocycles. The fourth-order valence-electron chi connectivity index (χ4n) is 3.66. The van der Waals surface area contributed by atoms with Crippen molar-refractivity contribution in [1.29, 1.82) is 0 Å². The molecule has 1 heterocycles. The molecule has 1 saturated heterocycles. The molecule has 0 atom stereocenters. The first-order chi connectivity index (χ1) is 14.0. The summed E-state index contributed by atoms with van der Waals surface area (Å²) in [7, 11) is -2.15. The zero-order valence-corrected chi connectivity index (χ0v) is 17.7. The lowest BCUT2D eigenvalue weighted by molar-refractivity contribution is -0.904. The van der Waals surface area contributed by atoms with Crippen LogP contribution in [-0.2, 0) is 10.0 Å². The highest BCUT2D eigenvalue weighted by molar-refractivity contribution is 7.92. The normalized spacial score (nSPS) is 15.1. The standard InChI is InChI=1S/C22H29N3O3S/c1-24(20-9-4-2-5-10-20)29(27,28)21-13-11-19(12-14-21)22(26)23-15-8-18-25-16-6-3-7-17-25/h2,4-5,9-14H,3,6-8,15-18H2,1H3,(H,23,26)/p+1. The quantitative estimate of drug-likeness (QED) is 0.644. The van der Waals surface area contributed by atoms with Crippen LogP contribution in [0.15, 0.2) is 59.5 Å². The summed E-state index contributed by atoms with van der Waals surface area (Å²) in [4.78, 5) is 14.1. The third-order valence-electron chi connectivity index (χ3n) is 5.45. The van der Waals surface area contributed by atoms with Crippen LogP contribution in [0.25, 0.3) is 0 Å². The maximum absolute atomic E-state index is 12.8. The van der Waals surface area contributed by atoms with Gasteiger partial charge in [0.25, 0.3) is 15.9 Å². The van der Waals surface area contributed by atoms with E-state index in [1.54, 1.807) is 41.3 Å². The van der Waals surface area contributed by atoms with Crippen LogP contribution in [0, 0.1) is 0 Å². The highest BCUT2D eigenvalue weighted by Crippen LogP contribution is 2.21. The summed E-state index contributed by atoms with van der Waals surface area (Å²) in [5.41, 5.74) is 1.06. The molecule has 1 aliphatic heterocycles. The maximum atomic E-state index is 12.8. The summed E-state index contributed by atoms with van der Waals surface area (Å²) in [6.07, 6.45) is 4.90. The van der Waals surface area contributed by atoms with Gasteiger partial charge in [-0.25, -0.2) is 8.42 Å². The fourth-order valence-corrected chi connectivity index (χ4v) is 4.85. The Bertz CT molecular complexity index is 893. The Morgan fingerprint density at radius 3 is 2.31 bits per heavy atom. The topological polar surface area (TPSA) is 70.9 Å². The number of sulfonamides is 1. The first-order valence-corrected chi connectivity index (χ1v) is 11.7. The van der Waals surface area contributed by atoms with Crippen molar-refractivity contribution in [2.24, 2.45) is 0 Å². The number of quaternary nitrogens is 1. The third-order valence-corrected chi connectivity index (χ3v) is 7.25. The molecule has 1 fully saturated rings. The minimum Gasteiger partial charge on any atom is -0.352 e. The summed E-state index contributed by atoms with van der Waals surface area (Å²) in [5.74, 6) is -0.168. The molecule has 0 radical (unpaired) electrons. The Labute approximate surface area is 173 Å². The van der Waals surface area contributed by atoms with Gasteiger partial charge in [-0.05, 0) is 55.7 Å². The Balaban J connectivity index is 1.54. The second-order valence-corrected chi connectivity index (χ2v) is 9.47. The van der Waals surface area contributed by atoms with Crippen LogP contribution in [0.5, 0.6) is 0 Å². The average molecular weight is 417 g/mol. The van der Waals surface area contributed by atoms with Crippen LogP contribution in [0.1, 0.15) is 36.0 Å². The maximum Gasteiger partial charge on any atom is 0.264 e. The SMILES string of the molecule is CN(c1ccccc1)S(=O)(=O)c1ccc(C(=O)NCCC[NH+]2CCCCC2)cc1. The van der Waals surface area contributed by atoms with Crippen molar-refractivity contribution in [3.63, 3.8) is 0 Å². The molecular formula is C22H30N3O3S+. The van der Waals surface area contributed by atoms with Gasteiger partial charge in [0.2, 0.25) is 0 Å². The molecular weight excluding hydrogens is 386 g/mol. The lowest BCUT2D eigenvalue weighted by Gasteiger charge is -2.23. The molecule has 0 aliphatic carbocycles. The molecule has 156 valence electrons. The fraction of sp³-hybridized carbons (Fsp3) is 0.409. The molecule has 7 heteroatoms. The monoisotopic (exact) mass is 416 g/mol. The highest BCUT2D eigenvalue weighted by Gasteiger charge is 2.21. The summed E-state index contributed by atoms with van der Waals surface area (Å²) in [6, 6.07) is 15.0. The number of hydrogen-bond acceptors (Lipinski definition) is 3. The molecule has 0 spiro atoms. The highest BCUT2D eigenvalue weighted by atomic mass is 32.2. The molecule has 0 saturated carbocycles. The van der Waals surface area contributed by atoms with E-state index < -0.39 is 10.0 Å². The number of carbonyl (C=O) groups is 1. The molecule has 1 amide bonds. The number of benzene rings is 2. The number of carbonyl (C=O) groups excluding carboxylic acids is 1. The molecule has 0 unspecified atom stereocenters. The van der Waals surface area contributed by atoms with Crippen LogP contribution in [0.3, 0.4) is 0 Å². The van der Waals surface area contributed by atoms with E-state index >= 15 is 0 Å². The van der Waals surface area contributed by atoms with E-state index in [1.165, 1.54) is 55.8 Å². The van der Waals surface area contributed by atoms with Gasteiger partial charge in [-0.1, -0.05) is 18.2 Å². The van der Waals surface area contributed by atoms with Gasteiger partial charge < -0.3 is 10.2 Å². The first kappa shape index (κ1) is 21.3. The van der Waals surface area contributed by atoms with Gasteiger partial charge in [-0.2, -0.15) is 0 Å². The molecule has 3 rings (SSSR count). The smallest absolute Gasteiger partial charge is 0.264 e. The lowest BCUT2D eigenvalue weighted by Crippen LogP contribution is -3.12. The number of rotatable bonds is 8. The number of hydrogen-bond donors (Lipinski definition) is 2. The Kier molecular flexibility index (Phi) is 7.28. The molecule has 2 aromatic rings. The minimum absolute atomic E-state index is 0.161. The van der Waals surface area contributed by atoms with E-state index in [0.717, 1.165) is 13.0 Å². The second kappa shape index (κ2) is 9.89. The number of piperidine rings is 1. The van der Waals surface area contributed by atoms with Crippen molar-refractivity contribution < 1.29 is 18.1 Å². The zero-order valence-electron chi connectivity index (χ0n) is 16.9. The van der Waals surface area contributed by atoms with Crippen LogP contribution in [-0.4, -0.2) is 47.6 Å². The van der Waals surface area contributed by atoms with Crippen molar-refractivity contribution in [2.75, 3.05) is 37.5 Å². The number of nitrogens with one attached hydrogen (secondary N) is 2. The van der Waals surface area contributed by atoms with Crippen molar-refractivity contribution in [3.05, 3.63) is 60.2 Å².